The number of nitrogens with one attached hydrogen (secondary N) is 2. The Morgan fingerprint density at radius 3 is 2.74 bits per heavy atom. The number of aromatic nitrogens is 2. The third-order valence-corrected chi connectivity index (χ3v) is 6.62. The molecule has 3 aromatic rings. The fourth-order valence-corrected chi connectivity index (χ4v) is 4.43. The first kappa shape index (κ1) is 27.3. The van der Waals surface area contributed by atoms with Crippen molar-refractivity contribution in [3.63, 3.8) is 0 Å². The summed E-state index contributed by atoms with van der Waals surface area (Å²) in [4.78, 5) is 33.3. The Kier molecular flexibility index (Phi) is 8.15. The maximum Gasteiger partial charge on any atom is 0.257 e. The predicted molar refractivity (Wildman–Crippen MR) is 134 cm³/mol. The van der Waals surface area contributed by atoms with E-state index in [-0.39, 0.29) is 36.0 Å². The van der Waals surface area contributed by atoms with Gasteiger partial charge in [-0.2, -0.15) is 0 Å². The molecule has 1 aromatic carbocycles. The van der Waals surface area contributed by atoms with Crippen LogP contribution in [-0.4, -0.2) is 45.8 Å². The second-order valence-electron chi connectivity index (χ2n) is 9.32. The summed E-state index contributed by atoms with van der Waals surface area (Å²) in [5.41, 5.74) is 0.514. The smallest absolute Gasteiger partial charge is 0.257 e. The van der Waals surface area contributed by atoms with E-state index in [9.17, 15) is 27.2 Å². The molecule has 202 valence electrons. The van der Waals surface area contributed by atoms with Crippen LogP contribution in [0.15, 0.2) is 53.6 Å². The normalized spacial score (nSPS) is 18.1. The summed E-state index contributed by atoms with van der Waals surface area (Å²) < 4.78 is 62.0. The van der Waals surface area contributed by atoms with Crippen LogP contribution in [0.1, 0.15) is 43.7 Å². The van der Waals surface area contributed by atoms with Crippen LogP contribution in [0.4, 0.5) is 23.4 Å². The van der Waals surface area contributed by atoms with E-state index in [4.69, 9.17) is 4.74 Å². The number of pyridine rings is 2. The number of hydrogen-bond donors (Lipinski definition) is 2. The Morgan fingerprint density at radius 1 is 1.26 bits per heavy atom. The molecule has 4 rings (SSSR count). The number of aryl methyl sites for hydroxylation is 1. The lowest BCUT2D eigenvalue weighted by Crippen LogP contribution is -2.52. The molecule has 0 saturated carbocycles. The molecule has 2 aromatic heterocycles. The lowest BCUT2D eigenvalue weighted by molar-refractivity contribution is -0.125. The summed E-state index contributed by atoms with van der Waals surface area (Å²) in [5.74, 6) is -6.03. The zero-order valence-corrected chi connectivity index (χ0v) is 20.9. The number of anilines is 1. The molecule has 2 N–H and O–H groups in total. The molecule has 1 fully saturated rings. The van der Waals surface area contributed by atoms with Gasteiger partial charge in [0.1, 0.15) is 17.4 Å². The highest BCUT2D eigenvalue weighted by Gasteiger charge is 2.46. The third kappa shape index (κ3) is 6.21. The number of amides is 1. The molecule has 1 saturated heterocycles. The Balaban J connectivity index is 1.41. The van der Waals surface area contributed by atoms with Gasteiger partial charge in [0.15, 0.2) is 11.6 Å². The minimum atomic E-state index is -2.99. The number of aromatic amines is 1. The predicted octanol–water partition coefficient (Wildman–Crippen LogP) is 5.24. The van der Waals surface area contributed by atoms with Crippen LogP contribution in [0, 0.1) is 11.6 Å². The maximum atomic E-state index is 14.9. The van der Waals surface area contributed by atoms with Gasteiger partial charge in [-0.15, -0.1) is 0 Å². The van der Waals surface area contributed by atoms with Crippen molar-refractivity contribution in [3.05, 3.63) is 81.9 Å². The van der Waals surface area contributed by atoms with Crippen LogP contribution >= 0.6 is 0 Å². The minimum Gasteiger partial charge on any atom is -0.453 e. The van der Waals surface area contributed by atoms with Gasteiger partial charge in [-0.1, -0.05) is 13.3 Å². The fraction of sp³-hybridized carbons (Fsp3) is 0.370. The van der Waals surface area contributed by atoms with Crippen LogP contribution in [0.2, 0.25) is 0 Å². The van der Waals surface area contributed by atoms with E-state index < -0.39 is 41.8 Å². The quantitative estimate of drug-likeness (QED) is 0.388. The second-order valence-corrected chi connectivity index (χ2v) is 9.32. The largest absolute Gasteiger partial charge is 0.453 e. The van der Waals surface area contributed by atoms with Gasteiger partial charge in [0.2, 0.25) is 5.91 Å². The van der Waals surface area contributed by atoms with E-state index in [0.717, 1.165) is 12.1 Å². The Labute approximate surface area is 216 Å². The summed E-state index contributed by atoms with van der Waals surface area (Å²) in [6.07, 6.45) is 3.37. The van der Waals surface area contributed by atoms with E-state index in [1.165, 1.54) is 24.5 Å². The molecule has 0 aliphatic carbocycles. The number of piperidine rings is 1. The van der Waals surface area contributed by atoms with E-state index in [0.29, 0.717) is 30.0 Å². The number of carbonyl (C=O) groups is 1. The summed E-state index contributed by atoms with van der Waals surface area (Å²) in [6.45, 7) is 3.49. The number of benzene rings is 1. The van der Waals surface area contributed by atoms with Crippen molar-refractivity contribution < 1.29 is 27.1 Å². The average Bonchev–Trinajstić information content (AvgIpc) is 2.88. The lowest BCUT2D eigenvalue weighted by atomic mass is 9.86. The molecule has 38 heavy (non-hydrogen) atoms. The molecule has 0 unspecified atom stereocenters. The van der Waals surface area contributed by atoms with Gasteiger partial charge in [0, 0.05) is 37.3 Å². The molecule has 0 spiro atoms. The van der Waals surface area contributed by atoms with Crippen molar-refractivity contribution in [2.24, 2.45) is 0 Å². The molecule has 11 heteroatoms. The summed E-state index contributed by atoms with van der Waals surface area (Å²) in [5, 5.41) is 2.65. The molecule has 1 aliphatic rings. The van der Waals surface area contributed by atoms with Crippen molar-refractivity contribution in [2.75, 3.05) is 18.4 Å². The number of likely N-dealkylation sites (tertiary alicyclic amines) is 1. The van der Waals surface area contributed by atoms with Gasteiger partial charge in [-0.05, 0) is 49.2 Å². The van der Waals surface area contributed by atoms with Crippen LogP contribution in [0.25, 0.3) is 0 Å². The molecule has 1 amide bonds. The first-order valence-electron chi connectivity index (χ1n) is 12.3. The van der Waals surface area contributed by atoms with Gasteiger partial charge in [-0.3, -0.25) is 14.5 Å². The highest BCUT2D eigenvalue weighted by atomic mass is 19.3. The van der Waals surface area contributed by atoms with E-state index in [1.54, 1.807) is 17.9 Å². The summed E-state index contributed by atoms with van der Waals surface area (Å²) >= 11 is 0. The Hall–Kier alpha value is -3.73. The van der Waals surface area contributed by atoms with Gasteiger partial charge >= 0.3 is 0 Å². The van der Waals surface area contributed by atoms with Crippen molar-refractivity contribution in [2.45, 2.75) is 51.0 Å². The fourth-order valence-electron chi connectivity index (χ4n) is 4.43. The van der Waals surface area contributed by atoms with Crippen LogP contribution in [-0.2, 0) is 11.2 Å². The lowest BCUT2D eigenvalue weighted by Gasteiger charge is -2.40. The number of H-pyrrole nitrogens is 1. The second kappa shape index (κ2) is 11.3. The van der Waals surface area contributed by atoms with Crippen molar-refractivity contribution in [3.8, 4) is 11.5 Å². The van der Waals surface area contributed by atoms with Crippen molar-refractivity contribution >= 4 is 11.7 Å². The zero-order valence-electron chi connectivity index (χ0n) is 20.9. The average molecular weight is 533 g/mol. The van der Waals surface area contributed by atoms with Gasteiger partial charge in [0.05, 0.1) is 18.2 Å². The van der Waals surface area contributed by atoms with Crippen molar-refractivity contribution in [1.29, 1.82) is 0 Å². The van der Waals surface area contributed by atoms with Gasteiger partial charge in [-0.25, -0.2) is 22.5 Å². The first-order valence-corrected chi connectivity index (χ1v) is 12.3. The first-order chi connectivity index (χ1) is 18.1. The molecule has 2 atom stereocenters. The number of hydrogen-bond acceptors (Lipinski definition) is 5. The number of alkyl halides is 2. The molecule has 3 heterocycles. The van der Waals surface area contributed by atoms with Crippen LogP contribution < -0.4 is 15.6 Å². The maximum absolute atomic E-state index is 14.9. The van der Waals surface area contributed by atoms with E-state index in [2.05, 4.69) is 15.3 Å². The molecular weight excluding hydrogens is 504 g/mol. The molecular formula is C27H28F4N4O3. The topological polar surface area (TPSA) is 87.3 Å². The monoisotopic (exact) mass is 532 g/mol. The number of ether oxygens (including phenoxy) is 1. The SMILES string of the molecule is CCCc1cc([C@H]2CN([C@@H](C)C(=O)Nc3ccc(Oc4ccc(F)cc4F)cn3)CCC2(F)F)c[nH]c1=O. The minimum absolute atomic E-state index is 0.0205. The molecule has 0 bridgehead atoms. The number of carbonyl (C=O) groups excluding carboxylic acids is 1. The number of halogens is 4. The highest BCUT2D eigenvalue weighted by molar-refractivity contribution is 5.93. The van der Waals surface area contributed by atoms with E-state index in [1.807, 2.05) is 6.92 Å². The van der Waals surface area contributed by atoms with Crippen LogP contribution in [0.3, 0.4) is 0 Å². The van der Waals surface area contributed by atoms with Crippen molar-refractivity contribution in [1.82, 2.24) is 14.9 Å². The molecule has 0 radical (unpaired) electrons. The Morgan fingerprint density at radius 2 is 2.05 bits per heavy atom. The third-order valence-electron chi connectivity index (χ3n) is 6.62. The zero-order chi connectivity index (χ0) is 27.4. The number of rotatable bonds is 8. The standard InChI is InChI=1S/C27H28F4N4O3/c1-3-4-17-11-18(13-33-26(17)37)21-15-35(10-9-27(21,30)31)16(2)25(36)34-24-8-6-20(14-32-24)38-23-7-5-19(28)12-22(23)29/h5-8,11-14,16,21H,3-4,9-10,15H2,1-2H3,(H,33,37)(H,32,34,36)/t16-,21+/m0/s1. The highest BCUT2D eigenvalue weighted by Crippen LogP contribution is 2.40. The van der Waals surface area contributed by atoms with Gasteiger partial charge in [0.25, 0.3) is 11.5 Å². The van der Waals surface area contributed by atoms with Crippen LogP contribution in [0.5, 0.6) is 11.5 Å². The Bertz CT molecular complexity index is 1350. The molecule has 1 aliphatic heterocycles. The summed E-state index contributed by atoms with van der Waals surface area (Å²) in [6, 6.07) is 6.61. The number of nitrogens with zero attached hydrogens (tertiary/aromatic N) is 2. The van der Waals surface area contributed by atoms with E-state index >= 15 is 0 Å². The summed E-state index contributed by atoms with van der Waals surface area (Å²) in [7, 11) is 0. The molecule has 7 nitrogen and oxygen atoms in total. The van der Waals surface area contributed by atoms with Gasteiger partial charge < -0.3 is 15.0 Å².